The van der Waals surface area contributed by atoms with Crippen LogP contribution in [-0.2, 0) is 50.3 Å². The Kier molecular flexibility index (Phi) is 22.2. The first-order chi connectivity index (χ1) is 65.3. The maximum atomic E-state index is 12.1. The minimum absolute atomic E-state index is 0.00504. The summed E-state index contributed by atoms with van der Waals surface area (Å²) >= 11 is 0. The number of carbonyl (C=O) groups is 4. The average molecular weight is 1810 g/mol. The third-order valence-corrected chi connectivity index (χ3v) is 23.4. The van der Waals surface area contributed by atoms with Gasteiger partial charge in [0.15, 0.2) is 91.7 Å². The fraction of sp³-hybridized carbons (Fsp3) is 0.299. The monoisotopic (exact) mass is 1800 g/mol. The molecule has 4 saturated carbocycles. The number of fused-ring (bicyclic) bond motifs is 8. The Morgan fingerprint density at radius 2 is 0.724 bits per heavy atom. The van der Waals surface area contributed by atoms with Crippen LogP contribution in [0.25, 0.3) is 90.5 Å². The summed E-state index contributed by atoms with van der Waals surface area (Å²) in [6.07, 6.45) is 25.7. The number of nitrogens with one attached hydrogen (secondary N) is 6. The number of carbonyl (C=O) groups excluding carboxylic acids is 4. The van der Waals surface area contributed by atoms with Crippen LogP contribution < -0.4 is 21.3 Å². The summed E-state index contributed by atoms with van der Waals surface area (Å²) < 4.78 is 26.1. The summed E-state index contributed by atoms with van der Waals surface area (Å²) in [5.41, 5.74) is 12.8. The van der Waals surface area contributed by atoms with E-state index >= 15 is 0 Å². The number of H-pyrrole nitrogens is 2. The third-order valence-electron chi connectivity index (χ3n) is 23.4. The lowest BCUT2D eigenvalue weighted by atomic mass is 10.1. The molecule has 0 radical (unpaired) electrons. The molecule has 20 aromatic heterocycles. The minimum Gasteiger partial charge on any atom is -0.394 e. The molecule has 676 valence electrons. The molecule has 24 rings (SSSR count). The van der Waals surface area contributed by atoms with E-state index < -0.39 is 0 Å². The summed E-state index contributed by atoms with van der Waals surface area (Å²) in [6.45, 7) is 8.36. The quantitative estimate of drug-likeness (QED) is 0.0251. The Bertz CT molecular complexity index is 7380. The van der Waals surface area contributed by atoms with Gasteiger partial charge in [-0.3, -0.25) is 51.7 Å². The second-order valence-corrected chi connectivity index (χ2v) is 33.2. The molecule has 0 aromatic carbocycles. The van der Waals surface area contributed by atoms with E-state index in [2.05, 4.69) is 138 Å². The number of aliphatic hydroxyl groups excluding tert-OH is 3. The summed E-state index contributed by atoms with van der Waals surface area (Å²) in [6, 6.07) is 30.1. The molecule has 0 saturated heterocycles. The van der Waals surface area contributed by atoms with E-state index in [-0.39, 0.29) is 96.7 Å². The molecule has 47 nitrogen and oxygen atoms in total. The van der Waals surface area contributed by atoms with Crippen LogP contribution in [0.3, 0.4) is 0 Å². The number of hydrogen-bond acceptors (Lipinski definition) is 32. The predicted molar refractivity (Wildman–Crippen MR) is 474 cm³/mol. The van der Waals surface area contributed by atoms with Crippen molar-refractivity contribution >= 4 is 92.1 Å². The maximum absolute atomic E-state index is 12.1. The number of methoxy groups -OCH3 is 1. The fourth-order valence-corrected chi connectivity index (χ4v) is 15.3. The summed E-state index contributed by atoms with van der Waals surface area (Å²) in [5, 5.41) is 115. The van der Waals surface area contributed by atoms with Crippen molar-refractivity contribution in [2.24, 2.45) is 23.7 Å². The van der Waals surface area contributed by atoms with Crippen LogP contribution in [0.1, 0.15) is 166 Å². The highest BCUT2D eigenvalue weighted by Gasteiger charge is 2.35. The van der Waals surface area contributed by atoms with Gasteiger partial charge in [0.25, 0.3) is 5.89 Å². The number of imidazole rings is 4. The third kappa shape index (κ3) is 17.5. The molecule has 9 N–H and O–H groups in total. The van der Waals surface area contributed by atoms with Crippen LogP contribution in [0.4, 0.5) is 23.3 Å². The standard InChI is InChI=1S/C23H23N9O2.C22H22N10O2.C21H20N10O2.C21H19N9O3/c1-14(18-5-7-20-25-19(13-32(20)29-18)26-23(34)15-2-3-15)22-28-27-21-6-4-16(12-31(21)22)17-10-24-30(11-17)8-9-33;1-12(15-6-8-18-23-16(10-32(18)30-15)25-22(33)13-3-4-13)21-29-27-19-7-5-14(9-31(19)21)20-24-17(11-34-2)26-28-20;1-11(14-5-7-17-22-15(9-31(17)29-14)24-21(33)12-2-3-12)20-28-26-18-6-4-13(8-30(18)20)19-23-16(10-32)25-27-19;1-11(14-5-7-16-22-15(9-30(16)27-14)23-21(32)12-2-3-12)20-26-25-17-6-4-13(8-29(17)20)19-24-18(10-31)33-28-19/h4-7,10-15,33H,2-3,8-9H2,1H3,(H,26,34);5-10,12-13H,3-4,11H2,1-2H3,(H,25,33)(H,24,26,28);4-9,11-12,32H,2-3,10H2,1H3,(H,24,33)(H,23,25,27);4-9,11-12,31H,2-3,10H2,1H3,(H,23,32). The zero-order chi connectivity index (χ0) is 91.5. The molecular formula is C87H84N38O9. The number of amides is 4. The Labute approximate surface area is 755 Å². The second-order valence-electron chi connectivity index (χ2n) is 33.2. The molecule has 4 unspecified atom stereocenters. The second kappa shape index (κ2) is 35.3. The van der Waals surface area contributed by atoms with Crippen LogP contribution in [0.2, 0.25) is 0 Å². The first-order valence-corrected chi connectivity index (χ1v) is 43.4. The van der Waals surface area contributed by atoms with Crippen LogP contribution in [-0.4, -0.2) is 220 Å². The molecule has 0 aliphatic heterocycles. The van der Waals surface area contributed by atoms with E-state index in [1.165, 1.54) is 0 Å². The van der Waals surface area contributed by atoms with E-state index in [9.17, 15) is 29.4 Å². The van der Waals surface area contributed by atoms with Crippen molar-refractivity contribution in [3.05, 3.63) is 223 Å². The maximum Gasteiger partial charge on any atom is 0.252 e. The first-order valence-electron chi connectivity index (χ1n) is 43.4. The molecule has 47 heteroatoms. The van der Waals surface area contributed by atoms with Gasteiger partial charge in [-0.1, -0.05) is 5.16 Å². The van der Waals surface area contributed by atoms with Gasteiger partial charge in [-0.2, -0.15) is 40.7 Å². The fourth-order valence-electron chi connectivity index (χ4n) is 15.3. The summed E-state index contributed by atoms with van der Waals surface area (Å²) in [4.78, 5) is 78.8. The van der Waals surface area contributed by atoms with Crippen molar-refractivity contribution < 1.29 is 43.8 Å². The Hall–Kier alpha value is -16.7. The number of hydrogen-bond donors (Lipinski definition) is 9. The van der Waals surface area contributed by atoms with Crippen LogP contribution >= 0.6 is 0 Å². The molecule has 0 spiro atoms. The largest absolute Gasteiger partial charge is 0.394 e. The Balaban J connectivity index is 0.000000107. The summed E-state index contributed by atoms with van der Waals surface area (Å²) in [5.74, 6) is 7.33. The molecule has 4 fully saturated rings. The number of aromatic amines is 2. The molecule has 20 aromatic rings. The van der Waals surface area contributed by atoms with E-state index in [4.69, 9.17) is 24.6 Å². The highest BCUT2D eigenvalue weighted by Crippen LogP contribution is 2.36. The normalized spacial score (nSPS) is 14.7. The molecule has 4 aliphatic carbocycles. The number of aliphatic hydroxyl groups is 3. The number of pyridine rings is 4. The predicted octanol–water partition coefficient (Wildman–Crippen LogP) is 7.70. The lowest BCUT2D eigenvalue weighted by Gasteiger charge is -2.10. The number of nitrogens with zero attached hydrogens (tertiary/aromatic N) is 32. The number of anilines is 4. The molecular weight excluding hydrogens is 1720 g/mol. The highest BCUT2D eigenvalue weighted by molar-refractivity contribution is 5.95. The molecule has 20 heterocycles. The minimum atomic E-state index is -0.321. The average Bonchev–Trinajstić information content (AvgIpc) is 1.63. The van der Waals surface area contributed by atoms with Gasteiger partial charge in [0, 0.05) is 89.6 Å². The van der Waals surface area contributed by atoms with Gasteiger partial charge in [0.05, 0.1) is 90.6 Å². The number of ether oxygens (including phenoxy) is 1. The lowest BCUT2D eigenvalue weighted by Crippen LogP contribution is -2.13. The SMILES string of the molecule is CC(c1ccc2nc(NC(=O)C3CC3)cn2n1)c1nnc2ccc(-c3cnn(CCO)c3)cn12.CC(c1ccc2nc(NC(=O)C3CC3)cn2n1)c1nnc2ccc(-c3n[nH]c(CO)n3)cn12.CC(c1ccc2nc(NC(=O)C3CC3)cn2n1)c1nnc2ccc(-c3noc(CO)n3)cn12.COCc1nc(-c2ccc3nnc(C(C)c4ccc5nc(NC(=O)C6CC6)cn5n4)n3c2)n[nH]1. The van der Waals surface area contributed by atoms with Gasteiger partial charge in [-0.25, -0.2) is 48.0 Å². The Morgan fingerprint density at radius 1 is 0.388 bits per heavy atom. The lowest BCUT2D eigenvalue weighted by molar-refractivity contribution is -0.118. The van der Waals surface area contributed by atoms with E-state index in [0.717, 1.165) is 114 Å². The number of aromatic nitrogens is 34. The van der Waals surface area contributed by atoms with Gasteiger partial charge in [0.1, 0.15) is 43.1 Å². The van der Waals surface area contributed by atoms with E-state index in [0.29, 0.717) is 122 Å². The Morgan fingerprint density at radius 3 is 1.05 bits per heavy atom. The molecule has 4 amide bonds. The molecule has 4 aliphatic rings. The van der Waals surface area contributed by atoms with Crippen LogP contribution in [0, 0.1) is 23.7 Å². The van der Waals surface area contributed by atoms with Crippen molar-refractivity contribution in [2.75, 3.05) is 35.0 Å². The van der Waals surface area contributed by atoms with Gasteiger partial charge in [-0.15, -0.1) is 40.8 Å². The highest BCUT2D eigenvalue weighted by atomic mass is 16.5. The van der Waals surface area contributed by atoms with Crippen molar-refractivity contribution in [3.8, 4) is 45.3 Å². The van der Waals surface area contributed by atoms with Crippen molar-refractivity contribution in [1.82, 2.24) is 167 Å². The van der Waals surface area contributed by atoms with Crippen molar-refractivity contribution in [3.63, 3.8) is 0 Å². The zero-order valence-electron chi connectivity index (χ0n) is 72.4. The van der Waals surface area contributed by atoms with E-state index in [1.54, 1.807) is 60.8 Å². The van der Waals surface area contributed by atoms with Crippen LogP contribution in [0.15, 0.2) is 164 Å². The topological polar surface area (TPSA) is 568 Å². The van der Waals surface area contributed by atoms with Gasteiger partial charge < -0.3 is 45.8 Å². The smallest absolute Gasteiger partial charge is 0.252 e. The molecule has 134 heavy (non-hydrogen) atoms. The van der Waals surface area contributed by atoms with Crippen molar-refractivity contribution in [2.45, 2.75) is 129 Å². The molecule has 0 bridgehead atoms. The molecule has 4 atom stereocenters. The van der Waals surface area contributed by atoms with Crippen LogP contribution in [0.5, 0.6) is 0 Å². The van der Waals surface area contributed by atoms with Gasteiger partial charge in [0.2, 0.25) is 29.5 Å². The summed E-state index contributed by atoms with van der Waals surface area (Å²) in [7, 11) is 1.61. The first kappa shape index (κ1) is 84.2. The van der Waals surface area contributed by atoms with Gasteiger partial charge in [-0.05, 0) is 176 Å². The zero-order valence-corrected chi connectivity index (χ0v) is 72.4. The number of rotatable bonds is 26. The van der Waals surface area contributed by atoms with E-state index in [1.807, 2.05) is 173 Å². The van der Waals surface area contributed by atoms with Gasteiger partial charge >= 0.3 is 0 Å². The van der Waals surface area contributed by atoms with Crippen molar-refractivity contribution in [1.29, 1.82) is 0 Å².